The second-order valence-corrected chi connectivity index (χ2v) is 6.78. The van der Waals surface area contributed by atoms with Crippen molar-refractivity contribution in [2.24, 2.45) is 23.2 Å². The van der Waals surface area contributed by atoms with Crippen molar-refractivity contribution in [1.29, 1.82) is 0 Å². The Balaban J connectivity index is 2.55. The minimum atomic E-state index is -0.159. The van der Waals surface area contributed by atoms with Crippen LogP contribution in [0, 0.1) is 23.2 Å². The molecule has 0 aromatic rings. The highest BCUT2D eigenvalue weighted by atomic mass is 16.5. The van der Waals surface area contributed by atoms with Gasteiger partial charge in [-0.05, 0) is 55.8 Å². The van der Waals surface area contributed by atoms with Gasteiger partial charge in [0.2, 0.25) is 0 Å². The van der Waals surface area contributed by atoms with Gasteiger partial charge in [0.1, 0.15) is 0 Å². The largest absolute Gasteiger partial charge is 0.463 e. The maximum atomic E-state index is 10.9. The van der Waals surface area contributed by atoms with Crippen LogP contribution in [0.2, 0.25) is 0 Å². The average Bonchev–Trinajstić information content (AvgIpc) is 2.53. The molecule has 1 aliphatic carbocycles. The highest BCUT2D eigenvalue weighted by Crippen LogP contribution is 2.53. The first-order valence-electron chi connectivity index (χ1n) is 7.44. The number of rotatable bonds is 5. The number of hydrogen-bond donors (Lipinski definition) is 0. The van der Waals surface area contributed by atoms with Gasteiger partial charge in [-0.1, -0.05) is 27.7 Å². The van der Waals surface area contributed by atoms with Crippen LogP contribution in [0.5, 0.6) is 0 Å². The summed E-state index contributed by atoms with van der Waals surface area (Å²) in [5.41, 5.74) is 0.468. The van der Waals surface area contributed by atoms with Crippen molar-refractivity contribution >= 4 is 5.97 Å². The fraction of sp³-hybridized carbons (Fsp3) is 0.938. The van der Waals surface area contributed by atoms with Crippen molar-refractivity contribution in [2.45, 2.75) is 73.3 Å². The quantitative estimate of drug-likeness (QED) is 0.679. The fourth-order valence-electron chi connectivity index (χ4n) is 3.66. The Hall–Kier alpha value is -0.530. The second kappa shape index (κ2) is 6.08. The third-order valence-corrected chi connectivity index (χ3v) is 5.24. The van der Waals surface area contributed by atoms with E-state index in [1.165, 1.54) is 26.2 Å². The van der Waals surface area contributed by atoms with Crippen LogP contribution in [0.4, 0.5) is 0 Å². The second-order valence-electron chi connectivity index (χ2n) is 6.78. The van der Waals surface area contributed by atoms with Crippen LogP contribution in [-0.4, -0.2) is 12.1 Å². The van der Waals surface area contributed by atoms with E-state index in [9.17, 15) is 4.79 Å². The summed E-state index contributed by atoms with van der Waals surface area (Å²) in [5.74, 6) is 2.16. The molecule has 0 bridgehead atoms. The van der Waals surface area contributed by atoms with Crippen LogP contribution in [-0.2, 0) is 9.53 Å². The lowest BCUT2D eigenvalue weighted by atomic mass is 9.68. The molecule has 4 atom stereocenters. The Morgan fingerprint density at radius 2 is 2.00 bits per heavy atom. The average molecular weight is 254 g/mol. The lowest BCUT2D eigenvalue weighted by Gasteiger charge is -2.38. The predicted molar refractivity (Wildman–Crippen MR) is 75.3 cm³/mol. The Labute approximate surface area is 112 Å². The van der Waals surface area contributed by atoms with Gasteiger partial charge < -0.3 is 4.74 Å². The molecule has 0 aliphatic heterocycles. The Morgan fingerprint density at radius 1 is 1.39 bits per heavy atom. The van der Waals surface area contributed by atoms with Crippen molar-refractivity contribution < 1.29 is 9.53 Å². The van der Waals surface area contributed by atoms with E-state index in [2.05, 4.69) is 27.7 Å². The minimum Gasteiger partial charge on any atom is -0.463 e. The summed E-state index contributed by atoms with van der Waals surface area (Å²) in [6.07, 6.45) is 4.94. The topological polar surface area (TPSA) is 26.3 Å². The number of hydrogen-bond acceptors (Lipinski definition) is 2. The molecule has 1 saturated carbocycles. The van der Waals surface area contributed by atoms with E-state index in [1.807, 2.05) is 6.92 Å². The fourth-order valence-corrected chi connectivity index (χ4v) is 3.66. The molecule has 1 aliphatic rings. The summed E-state index contributed by atoms with van der Waals surface area (Å²) in [7, 11) is 0. The lowest BCUT2D eigenvalue weighted by molar-refractivity contribution is -0.146. The molecule has 0 heterocycles. The zero-order valence-corrected chi connectivity index (χ0v) is 13.0. The molecular formula is C16H30O2. The van der Waals surface area contributed by atoms with Crippen LogP contribution in [0.15, 0.2) is 0 Å². The predicted octanol–water partition coefficient (Wildman–Crippen LogP) is 4.43. The molecule has 18 heavy (non-hydrogen) atoms. The molecule has 2 heteroatoms. The molecule has 0 amide bonds. The SMILES string of the molecule is CC(=O)O[C@H](C)CC[C@@H]1[C@H](C)CC[C@]1(C)C(C)C. The van der Waals surface area contributed by atoms with Gasteiger partial charge in [0.05, 0.1) is 6.10 Å². The number of carbonyl (C=O) groups is 1. The van der Waals surface area contributed by atoms with Crippen molar-refractivity contribution in [3.05, 3.63) is 0 Å². The summed E-state index contributed by atoms with van der Waals surface area (Å²) in [4.78, 5) is 10.9. The summed E-state index contributed by atoms with van der Waals surface area (Å²) < 4.78 is 5.23. The van der Waals surface area contributed by atoms with Gasteiger partial charge in [0.25, 0.3) is 0 Å². The first-order chi connectivity index (χ1) is 8.27. The van der Waals surface area contributed by atoms with E-state index in [0.717, 1.165) is 24.2 Å². The van der Waals surface area contributed by atoms with Crippen LogP contribution < -0.4 is 0 Å². The standard InChI is InChI=1S/C16H30O2/c1-11(2)16(6)10-9-12(3)15(16)8-7-13(4)18-14(5)17/h11-13,15H,7-10H2,1-6H3/t12-,13-,15-,16-/m1/s1. The third-order valence-electron chi connectivity index (χ3n) is 5.24. The summed E-state index contributed by atoms with van der Waals surface area (Å²) in [6, 6.07) is 0. The highest BCUT2D eigenvalue weighted by Gasteiger charge is 2.44. The lowest BCUT2D eigenvalue weighted by Crippen LogP contribution is -2.31. The first-order valence-corrected chi connectivity index (χ1v) is 7.44. The van der Waals surface area contributed by atoms with Crippen molar-refractivity contribution in [3.63, 3.8) is 0 Å². The van der Waals surface area contributed by atoms with E-state index < -0.39 is 0 Å². The Morgan fingerprint density at radius 3 is 2.50 bits per heavy atom. The molecule has 2 nitrogen and oxygen atoms in total. The molecule has 0 aromatic carbocycles. The molecule has 0 saturated heterocycles. The van der Waals surface area contributed by atoms with Crippen LogP contribution in [0.1, 0.15) is 67.2 Å². The van der Waals surface area contributed by atoms with E-state index >= 15 is 0 Å². The molecule has 106 valence electrons. The molecule has 0 spiro atoms. The maximum Gasteiger partial charge on any atom is 0.302 e. The van der Waals surface area contributed by atoms with Gasteiger partial charge in [0.15, 0.2) is 0 Å². The van der Waals surface area contributed by atoms with E-state index in [0.29, 0.717) is 5.41 Å². The van der Waals surface area contributed by atoms with Crippen LogP contribution in [0.3, 0.4) is 0 Å². The van der Waals surface area contributed by atoms with Crippen molar-refractivity contribution in [3.8, 4) is 0 Å². The molecular weight excluding hydrogens is 224 g/mol. The highest BCUT2D eigenvalue weighted by molar-refractivity contribution is 5.66. The molecule has 1 rings (SSSR count). The van der Waals surface area contributed by atoms with Gasteiger partial charge in [-0.2, -0.15) is 0 Å². The summed E-state index contributed by atoms with van der Waals surface area (Å²) in [5, 5.41) is 0. The van der Waals surface area contributed by atoms with Crippen molar-refractivity contribution in [1.82, 2.24) is 0 Å². The number of esters is 1. The summed E-state index contributed by atoms with van der Waals surface area (Å²) >= 11 is 0. The van der Waals surface area contributed by atoms with Gasteiger partial charge in [-0.3, -0.25) is 4.79 Å². The zero-order valence-electron chi connectivity index (χ0n) is 13.0. The van der Waals surface area contributed by atoms with Crippen molar-refractivity contribution in [2.75, 3.05) is 0 Å². The maximum absolute atomic E-state index is 10.9. The monoisotopic (exact) mass is 254 g/mol. The van der Waals surface area contributed by atoms with Crippen LogP contribution in [0.25, 0.3) is 0 Å². The molecule has 0 aromatic heterocycles. The number of ether oxygens (including phenoxy) is 1. The van der Waals surface area contributed by atoms with Gasteiger partial charge in [-0.25, -0.2) is 0 Å². The van der Waals surface area contributed by atoms with E-state index in [1.54, 1.807) is 0 Å². The van der Waals surface area contributed by atoms with E-state index in [4.69, 9.17) is 4.74 Å². The number of carbonyl (C=O) groups excluding carboxylic acids is 1. The zero-order chi connectivity index (χ0) is 13.9. The van der Waals surface area contributed by atoms with Gasteiger partial charge >= 0.3 is 5.97 Å². The van der Waals surface area contributed by atoms with Crippen LogP contribution >= 0.6 is 0 Å². The van der Waals surface area contributed by atoms with Gasteiger partial charge in [0, 0.05) is 6.92 Å². The first kappa shape index (κ1) is 15.5. The minimum absolute atomic E-state index is 0.0618. The normalized spacial score (nSPS) is 33.7. The molecule has 0 unspecified atom stereocenters. The third kappa shape index (κ3) is 3.49. The van der Waals surface area contributed by atoms with E-state index in [-0.39, 0.29) is 12.1 Å². The Bertz CT molecular complexity index is 285. The Kier molecular flexibility index (Phi) is 5.24. The molecule has 0 N–H and O–H groups in total. The van der Waals surface area contributed by atoms with Gasteiger partial charge in [-0.15, -0.1) is 0 Å². The smallest absolute Gasteiger partial charge is 0.302 e. The molecule has 0 radical (unpaired) electrons. The summed E-state index contributed by atoms with van der Waals surface area (Å²) in [6.45, 7) is 13.0. The molecule has 1 fully saturated rings.